The fourth-order valence-corrected chi connectivity index (χ4v) is 2.86. The van der Waals surface area contributed by atoms with Crippen molar-refractivity contribution in [1.82, 2.24) is 24.9 Å². The molecule has 2 heterocycles. The van der Waals surface area contributed by atoms with Crippen molar-refractivity contribution in [2.24, 2.45) is 0 Å². The van der Waals surface area contributed by atoms with E-state index in [-0.39, 0.29) is 24.1 Å². The minimum absolute atomic E-state index is 0.175. The summed E-state index contributed by atoms with van der Waals surface area (Å²) in [6.45, 7) is 4.33. The third kappa shape index (κ3) is 4.45. The second kappa shape index (κ2) is 8.79. The number of hydrogen-bond acceptors (Lipinski definition) is 5. The van der Waals surface area contributed by atoms with Gasteiger partial charge in [0.2, 0.25) is 5.88 Å². The molecule has 1 atom stereocenters. The van der Waals surface area contributed by atoms with Crippen molar-refractivity contribution in [1.29, 1.82) is 0 Å². The number of carbonyl (C=O) groups is 1. The second-order valence-corrected chi connectivity index (χ2v) is 6.48. The van der Waals surface area contributed by atoms with Gasteiger partial charge in [0.05, 0.1) is 34.7 Å². The quantitative estimate of drug-likeness (QED) is 0.604. The van der Waals surface area contributed by atoms with E-state index in [2.05, 4.69) is 15.2 Å². The Morgan fingerprint density at radius 3 is 2.68 bits per heavy atom. The molecule has 2 aromatic heterocycles. The first-order valence-corrected chi connectivity index (χ1v) is 9.09. The summed E-state index contributed by atoms with van der Waals surface area (Å²) in [7, 11) is 0. The van der Waals surface area contributed by atoms with Crippen LogP contribution < -0.4 is 4.74 Å². The summed E-state index contributed by atoms with van der Waals surface area (Å²) >= 11 is 5.81. The molecule has 28 heavy (non-hydrogen) atoms. The molecule has 3 aromatic rings. The van der Waals surface area contributed by atoms with Gasteiger partial charge in [-0.2, -0.15) is 15.0 Å². The number of nitrogens with zero attached hydrogens (tertiary/aromatic N) is 5. The molecule has 1 unspecified atom stereocenters. The summed E-state index contributed by atoms with van der Waals surface area (Å²) in [4.78, 5) is 20.1. The smallest absolute Gasteiger partial charge is 0.256 e. The van der Waals surface area contributed by atoms with Crippen molar-refractivity contribution in [2.75, 3.05) is 13.2 Å². The molecule has 0 aliphatic heterocycles. The zero-order valence-corrected chi connectivity index (χ0v) is 16.2. The van der Waals surface area contributed by atoms with Gasteiger partial charge in [-0.1, -0.05) is 11.6 Å². The molecule has 0 saturated carbocycles. The van der Waals surface area contributed by atoms with Crippen LogP contribution in [0, 0.1) is 5.82 Å². The molecule has 0 bridgehead atoms. The van der Waals surface area contributed by atoms with Crippen LogP contribution in [-0.2, 0) is 0 Å². The van der Waals surface area contributed by atoms with E-state index in [0.29, 0.717) is 23.1 Å². The van der Waals surface area contributed by atoms with Gasteiger partial charge in [0.25, 0.3) is 5.91 Å². The molecule has 9 heteroatoms. The Balaban J connectivity index is 1.79. The van der Waals surface area contributed by atoms with Crippen molar-refractivity contribution in [3.8, 4) is 11.6 Å². The number of ether oxygens (including phenoxy) is 1. The lowest BCUT2D eigenvalue weighted by Crippen LogP contribution is -2.42. The number of hydrogen-bond donors (Lipinski definition) is 0. The standard InChI is InChI=1S/C19H19ClFN5O2/c1-3-25(13(2)12-28-18-7-4-14(20)11-22-18)19(27)16-10-15(21)5-6-17(16)26-23-8-9-24-26/h4-11,13H,3,12H2,1-2H3. The molecule has 1 amide bonds. The minimum Gasteiger partial charge on any atom is -0.475 e. The van der Waals surface area contributed by atoms with E-state index in [9.17, 15) is 9.18 Å². The minimum atomic E-state index is -0.510. The lowest BCUT2D eigenvalue weighted by molar-refractivity contribution is 0.0645. The number of carbonyl (C=O) groups excluding carboxylic acids is 1. The van der Waals surface area contributed by atoms with Gasteiger partial charge in [-0.3, -0.25) is 4.79 Å². The summed E-state index contributed by atoms with van der Waals surface area (Å²) in [6.07, 6.45) is 4.47. The highest BCUT2D eigenvalue weighted by atomic mass is 35.5. The number of halogens is 2. The maximum atomic E-state index is 13.9. The fraction of sp³-hybridized carbons (Fsp3) is 0.263. The summed E-state index contributed by atoms with van der Waals surface area (Å²) < 4.78 is 19.5. The molecular weight excluding hydrogens is 385 g/mol. The Morgan fingerprint density at radius 1 is 1.29 bits per heavy atom. The molecule has 0 N–H and O–H groups in total. The van der Waals surface area contributed by atoms with Crippen LogP contribution in [0.15, 0.2) is 48.9 Å². The highest BCUT2D eigenvalue weighted by molar-refractivity contribution is 6.30. The lowest BCUT2D eigenvalue weighted by atomic mass is 10.1. The predicted octanol–water partition coefficient (Wildman–Crippen LogP) is 3.38. The molecule has 146 valence electrons. The SMILES string of the molecule is CCN(C(=O)c1cc(F)ccc1-n1nccn1)C(C)COc1ccc(Cl)cn1. The van der Waals surface area contributed by atoms with Crippen LogP contribution in [0.4, 0.5) is 4.39 Å². The first-order chi connectivity index (χ1) is 13.5. The molecule has 0 radical (unpaired) electrons. The Bertz CT molecular complexity index is 934. The highest BCUT2D eigenvalue weighted by Gasteiger charge is 2.24. The van der Waals surface area contributed by atoms with Crippen LogP contribution in [0.25, 0.3) is 5.69 Å². The van der Waals surface area contributed by atoms with Gasteiger partial charge >= 0.3 is 0 Å². The van der Waals surface area contributed by atoms with E-state index in [1.165, 1.54) is 41.6 Å². The van der Waals surface area contributed by atoms with Crippen LogP contribution in [0.3, 0.4) is 0 Å². The molecule has 0 fully saturated rings. The second-order valence-electron chi connectivity index (χ2n) is 6.05. The number of likely N-dealkylation sites (N-methyl/N-ethyl adjacent to an activating group) is 1. The Labute approximate surface area is 166 Å². The van der Waals surface area contributed by atoms with Crippen molar-refractivity contribution in [2.45, 2.75) is 19.9 Å². The van der Waals surface area contributed by atoms with Gasteiger partial charge in [0.1, 0.15) is 12.4 Å². The first-order valence-electron chi connectivity index (χ1n) is 8.71. The van der Waals surface area contributed by atoms with E-state index in [1.807, 2.05) is 13.8 Å². The number of benzene rings is 1. The summed E-state index contributed by atoms with van der Waals surface area (Å²) in [5, 5.41) is 8.59. The topological polar surface area (TPSA) is 73.1 Å². The maximum absolute atomic E-state index is 13.9. The number of aromatic nitrogens is 4. The molecule has 1 aromatic carbocycles. The Morgan fingerprint density at radius 2 is 2.04 bits per heavy atom. The van der Waals surface area contributed by atoms with Crippen molar-refractivity contribution < 1.29 is 13.9 Å². The zero-order valence-electron chi connectivity index (χ0n) is 15.4. The lowest BCUT2D eigenvalue weighted by Gasteiger charge is -2.28. The zero-order chi connectivity index (χ0) is 20.1. The Kier molecular flexibility index (Phi) is 6.20. The van der Waals surface area contributed by atoms with E-state index in [1.54, 1.807) is 17.0 Å². The first kappa shape index (κ1) is 19.8. The maximum Gasteiger partial charge on any atom is 0.256 e. The van der Waals surface area contributed by atoms with Crippen molar-refractivity contribution in [3.05, 3.63) is 65.3 Å². The Hall–Kier alpha value is -3.00. The van der Waals surface area contributed by atoms with Crippen molar-refractivity contribution in [3.63, 3.8) is 0 Å². The molecule has 3 rings (SSSR count). The summed E-state index contributed by atoms with van der Waals surface area (Å²) in [6, 6.07) is 6.99. The molecule has 0 saturated heterocycles. The van der Waals surface area contributed by atoms with Gasteiger partial charge in [0.15, 0.2) is 0 Å². The van der Waals surface area contributed by atoms with Gasteiger partial charge in [-0.15, -0.1) is 0 Å². The van der Waals surface area contributed by atoms with Gasteiger partial charge in [-0.05, 0) is 38.1 Å². The molecule has 7 nitrogen and oxygen atoms in total. The van der Waals surface area contributed by atoms with E-state index in [0.717, 1.165) is 0 Å². The number of rotatable bonds is 7. The van der Waals surface area contributed by atoms with E-state index < -0.39 is 5.82 Å². The monoisotopic (exact) mass is 403 g/mol. The average Bonchev–Trinajstić information content (AvgIpc) is 3.22. The molecule has 0 aliphatic carbocycles. The van der Waals surface area contributed by atoms with Crippen molar-refractivity contribution >= 4 is 17.5 Å². The summed E-state index contributed by atoms with van der Waals surface area (Å²) in [5.41, 5.74) is 0.580. The largest absolute Gasteiger partial charge is 0.475 e. The molecule has 0 spiro atoms. The van der Waals surface area contributed by atoms with Gasteiger partial charge < -0.3 is 9.64 Å². The summed E-state index contributed by atoms with van der Waals surface area (Å²) in [5.74, 6) is -0.439. The van der Waals surface area contributed by atoms with E-state index >= 15 is 0 Å². The third-order valence-electron chi connectivity index (χ3n) is 4.13. The normalized spacial score (nSPS) is 11.9. The van der Waals surface area contributed by atoms with Crippen LogP contribution >= 0.6 is 11.6 Å². The van der Waals surface area contributed by atoms with Gasteiger partial charge in [0, 0.05) is 18.8 Å². The van der Waals surface area contributed by atoms with E-state index in [4.69, 9.17) is 16.3 Å². The van der Waals surface area contributed by atoms with Gasteiger partial charge in [-0.25, -0.2) is 9.37 Å². The predicted molar refractivity (Wildman–Crippen MR) is 102 cm³/mol. The average molecular weight is 404 g/mol. The molecular formula is C19H19ClFN5O2. The fourth-order valence-electron chi connectivity index (χ4n) is 2.75. The van der Waals surface area contributed by atoms with Crippen LogP contribution in [0.1, 0.15) is 24.2 Å². The number of amides is 1. The third-order valence-corrected chi connectivity index (χ3v) is 4.35. The highest BCUT2D eigenvalue weighted by Crippen LogP contribution is 2.19. The van der Waals surface area contributed by atoms with Crippen LogP contribution in [-0.4, -0.2) is 50.0 Å². The molecule has 0 aliphatic rings. The van der Waals surface area contributed by atoms with Crippen LogP contribution in [0.5, 0.6) is 5.88 Å². The van der Waals surface area contributed by atoms with Crippen LogP contribution in [0.2, 0.25) is 5.02 Å². The number of pyridine rings is 1.